The Balaban J connectivity index is 1.95. The molecule has 0 nitrogen and oxygen atoms in total. The number of hydrogen-bond acceptors (Lipinski definition) is 0. The summed E-state index contributed by atoms with van der Waals surface area (Å²) < 4.78 is 0. The molecule has 0 amide bonds. The maximum atomic E-state index is 2.25. The van der Waals surface area contributed by atoms with Gasteiger partial charge in [-0.2, -0.15) is 0 Å². The minimum absolute atomic E-state index is 0.204. The van der Waals surface area contributed by atoms with Gasteiger partial charge in [-0.05, 0) is 0 Å². The molecule has 0 atom stereocenters. The van der Waals surface area contributed by atoms with Gasteiger partial charge in [-0.25, -0.2) is 0 Å². The molecule has 0 aromatic heterocycles. The molecular formula is C14H14SiZr+2. The Morgan fingerprint density at radius 3 is 1.44 bits per heavy atom. The first-order chi connectivity index (χ1) is 7.84. The maximum absolute atomic E-state index is 2.25. The van der Waals surface area contributed by atoms with Gasteiger partial charge < -0.3 is 0 Å². The quantitative estimate of drug-likeness (QED) is 0.761. The van der Waals surface area contributed by atoms with Crippen molar-refractivity contribution in [2.45, 2.75) is 12.1 Å². The molecule has 0 saturated heterocycles. The summed E-state index contributed by atoms with van der Waals surface area (Å²) in [6.07, 6.45) is 0. The van der Waals surface area contributed by atoms with Crippen molar-refractivity contribution in [1.82, 2.24) is 0 Å². The normalized spacial score (nSPS) is 10.1. The predicted molar refractivity (Wildman–Crippen MR) is 66.0 cm³/mol. The molecule has 0 heterocycles. The fourth-order valence-electron chi connectivity index (χ4n) is 1.75. The summed E-state index contributed by atoms with van der Waals surface area (Å²) in [6.45, 7) is 0. The molecule has 0 N–H and O–H groups in total. The summed E-state index contributed by atoms with van der Waals surface area (Å²) in [7, 11) is 0. The average Bonchev–Trinajstić information content (AvgIpc) is 2.31. The van der Waals surface area contributed by atoms with Crippen LogP contribution in [0, 0.1) is 0 Å². The SMILES string of the molecule is [Zr+2]=[Si](Cc1ccccc1)Cc1ccccc1. The molecule has 2 aromatic carbocycles. The number of rotatable bonds is 4. The van der Waals surface area contributed by atoms with Gasteiger partial charge in [0.25, 0.3) is 0 Å². The summed E-state index contributed by atoms with van der Waals surface area (Å²) in [5, 5.41) is 0. The molecule has 0 bridgehead atoms. The Morgan fingerprint density at radius 2 is 1.06 bits per heavy atom. The van der Waals surface area contributed by atoms with E-state index in [0.717, 1.165) is 0 Å². The van der Waals surface area contributed by atoms with Crippen LogP contribution in [0.5, 0.6) is 0 Å². The van der Waals surface area contributed by atoms with Gasteiger partial charge in [0.15, 0.2) is 0 Å². The van der Waals surface area contributed by atoms with Gasteiger partial charge in [0.2, 0.25) is 0 Å². The fourth-order valence-corrected chi connectivity index (χ4v) is 6.34. The molecule has 2 heteroatoms. The Bertz CT molecular complexity index is 407. The van der Waals surface area contributed by atoms with Gasteiger partial charge in [-0.15, -0.1) is 0 Å². The third-order valence-corrected chi connectivity index (χ3v) is 6.80. The van der Waals surface area contributed by atoms with Gasteiger partial charge in [0.1, 0.15) is 0 Å². The van der Waals surface area contributed by atoms with E-state index < -0.39 is 0 Å². The van der Waals surface area contributed by atoms with Gasteiger partial charge in [-0.3, -0.25) is 0 Å². The molecule has 76 valence electrons. The van der Waals surface area contributed by atoms with Crippen molar-refractivity contribution in [1.29, 1.82) is 0 Å². The van der Waals surface area contributed by atoms with Gasteiger partial charge in [-0.1, -0.05) is 0 Å². The van der Waals surface area contributed by atoms with Crippen molar-refractivity contribution >= 4 is 5.43 Å². The van der Waals surface area contributed by atoms with E-state index in [0.29, 0.717) is 0 Å². The summed E-state index contributed by atoms with van der Waals surface area (Å²) in [6, 6.07) is 24.4. The van der Waals surface area contributed by atoms with Crippen LogP contribution >= 0.6 is 0 Å². The van der Waals surface area contributed by atoms with E-state index in [2.05, 4.69) is 60.7 Å². The Morgan fingerprint density at radius 1 is 0.688 bits per heavy atom. The zero-order valence-corrected chi connectivity index (χ0v) is 12.6. The molecule has 0 unspecified atom stereocenters. The first-order valence-electron chi connectivity index (χ1n) is 5.49. The monoisotopic (exact) mass is 300 g/mol. The Labute approximate surface area is 112 Å². The van der Waals surface area contributed by atoms with Gasteiger partial charge >= 0.3 is 113 Å². The topological polar surface area (TPSA) is 0 Å². The molecular weight excluding hydrogens is 287 g/mol. The van der Waals surface area contributed by atoms with Crippen LogP contribution in [0.2, 0.25) is 0 Å². The molecule has 0 saturated carbocycles. The molecule has 0 aliphatic heterocycles. The molecule has 2 aromatic rings. The minimum atomic E-state index is -0.204. The van der Waals surface area contributed by atoms with Crippen LogP contribution in [-0.4, -0.2) is 5.43 Å². The first-order valence-corrected chi connectivity index (χ1v) is 11.1. The summed E-state index contributed by atoms with van der Waals surface area (Å²) in [4.78, 5) is 0. The second-order valence-electron chi connectivity index (χ2n) is 3.93. The van der Waals surface area contributed by atoms with Crippen LogP contribution in [0.15, 0.2) is 60.7 Å². The van der Waals surface area contributed by atoms with Gasteiger partial charge in [0.05, 0.1) is 0 Å². The molecule has 0 fully saturated rings. The second-order valence-corrected chi connectivity index (χ2v) is 11.1. The van der Waals surface area contributed by atoms with Crippen LogP contribution in [0.25, 0.3) is 0 Å². The van der Waals surface area contributed by atoms with E-state index in [1.54, 1.807) is 23.3 Å². The van der Waals surface area contributed by atoms with Crippen molar-refractivity contribution in [3.63, 3.8) is 0 Å². The Kier molecular flexibility index (Phi) is 4.74. The first kappa shape index (κ1) is 12.0. The Hall–Kier alpha value is -0.460. The van der Waals surface area contributed by atoms with E-state index in [1.165, 1.54) is 23.2 Å². The van der Waals surface area contributed by atoms with Crippen LogP contribution in [0.3, 0.4) is 0 Å². The summed E-state index contributed by atoms with van der Waals surface area (Å²) >= 11 is 1.73. The van der Waals surface area contributed by atoms with E-state index in [9.17, 15) is 0 Å². The standard InChI is InChI=1S/C14H14Si.Zr/c1-3-7-13(8-4-1)11-15-12-14-9-5-2-6-10-14;/h1-10H,11-12H2;/q;+2. The number of hydrogen-bond donors (Lipinski definition) is 0. The molecule has 0 spiro atoms. The number of benzene rings is 2. The van der Waals surface area contributed by atoms with Crippen molar-refractivity contribution in [2.24, 2.45) is 0 Å². The predicted octanol–water partition coefficient (Wildman–Crippen LogP) is 3.09. The molecule has 0 aliphatic rings. The second kappa shape index (κ2) is 6.32. The molecule has 0 radical (unpaired) electrons. The van der Waals surface area contributed by atoms with Crippen LogP contribution in [0.4, 0.5) is 0 Å². The third kappa shape index (κ3) is 3.84. The van der Waals surface area contributed by atoms with E-state index in [4.69, 9.17) is 0 Å². The zero-order valence-electron chi connectivity index (χ0n) is 9.19. The zero-order chi connectivity index (χ0) is 11.2. The van der Waals surface area contributed by atoms with Crippen molar-refractivity contribution in [3.8, 4) is 0 Å². The third-order valence-electron chi connectivity index (χ3n) is 2.52. The van der Waals surface area contributed by atoms with E-state index >= 15 is 0 Å². The molecule has 16 heavy (non-hydrogen) atoms. The van der Waals surface area contributed by atoms with Crippen molar-refractivity contribution < 1.29 is 23.3 Å². The van der Waals surface area contributed by atoms with E-state index in [1.807, 2.05) is 0 Å². The van der Waals surface area contributed by atoms with Crippen LogP contribution < -0.4 is 0 Å². The van der Waals surface area contributed by atoms with Gasteiger partial charge in [0, 0.05) is 0 Å². The average molecular weight is 302 g/mol. The van der Waals surface area contributed by atoms with Crippen LogP contribution in [0.1, 0.15) is 11.1 Å². The van der Waals surface area contributed by atoms with Crippen LogP contribution in [-0.2, 0) is 35.4 Å². The molecule has 0 aliphatic carbocycles. The van der Waals surface area contributed by atoms with Crippen molar-refractivity contribution in [3.05, 3.63) is 71.8 Å². The summed E-state index contributed by atoms with van der Waals surface area (Å²) in [5.41, 5.74) is 2.80. The van der Waals surface area contributed by atoms with Crippen molar-refractivity contribution in [2.75, 3.05) is 0 Å². The van der Waals surface area contributed by atoms with E-state index in [-0.39, 0.29) is 5.43 Å². The fraction of sp³-hybridized carbons (Fsp3) is 0.143. The summed E-state index contributed by atoms with van der Waals surface area (Å²) in [5.74, 6) is 0. The molecule has 2 rings (SSSR count).